The Hall–Kier alpha value is -3.48. The highest BCUT2D eigenvalue weighted by Crippen LogP contribution is 2.48. The van der Waals surface area contributed by atoms with Crippen molar-refractivity contribution >= 4 is 23.1 Å². The third kappa shape index (κ3) is 4.34. The molecule has 0 spiro atoms. The van der Waals surface area contributed by atoms with Crippen LogP contribution >= 0.6 is 0 Å². The minimum absolute atomic E-state index is 0.0968. The van der Waals surface area contributed by atoms with Gasteiger partial charge in [-0.05, 0) is 66.6 Å². The Morgan fingerprint density at radius 3 is 2.12 bits per heavy atom. The number of anilines is 2. The van der Waals surface area contributed by atoms with Crippen molar-refractivity contribution in [3.63, 3.8) is 0 Å². The predicted octanol–water partition coefficient (Wildman–Crippen LogP) is 5.47. The number of ketones is 1. The summed E-state index contributed by atoms with van der Waals surface area (Å²) in [7, 11) is 3.02. The second-order valence-corrected chi connectivity index (χ2v) is 9.87. The SMILES string of the molecule is COc1cc(C2Nc3cc(C)c(C)cc3NC3=C2C(=O)CC(C)(C)C3)cc(OC)c1OC(C)=O. The Bertz CT molecular complexity index is 1190. The minimum atomic E-state index is -0.476. The molecule has 2 aliphatic rings. The van der Waals surface area contributed by atoms with E-state index in [0.29, 0.717) is 23.5 Å². The molecule has 180 valence electrons. The average Bonchev–Trinajstić information content (AvgIpc) is 2.89. The molecule has 0 saturated heterocycles. The van der Waals surface area contributed by atoms with E-state index in [-0.39, 0.29) is 16.9 Å². The van der Waals surface area contributed by atoms with Gasteiger partial charge >= 0.3 is 5.97 Å². The van der Waals surface area contributed by atoms with Crippen molar-refractivity contribution in [3.05, 3.63) is 52.2 Å². The van der Waals surface area contributed by atoms with Crippen LogP contribution < -0.4 is 24.8 Å². The smallest absolute Gasteiger partial charge is 0.308 e. The number of nitrogens with one attached hydrogen (secondary N) is 2. The molecule has 2 aromatic rings. The van der Waals surface area contributed by atoms with E-state index in [4.69, 9.17) is 14.2 Å². The van der Waals surface area contributed by atoms with Crippen LogP contribution in [0, 0.1) is 19.3 Å². The molecule has 0 aromatic heterocycles. The first-order chi connectivity index (χ1) is 16.0. The summed E-state index contributed by atoms with van der Waals surface area (Å²) >= 11 is 0. The van der Waals surface area contributed by atoms with Crippen LogP contribution in [0.25, 0.3) is 0 Å². The van der Waals surface area contributed by atoms with Gasteiger partial charge in [-0.15, -0.1) is 0 Å². The summed E-state index contributed by atoms with van der Waals surface area (Å²) in [6.45, 7) is 9.70. The third-order valence-corrected chi connectivity index (χ3v) is 6.49. The fraction of sp³-hybridized carbons (Fsp3) is 0.407. The summed E-state index contributed by atoms with van der Waals surface area (Å²) in [5, 5.41) is 7.18. The molecular weight excluding hydrogens is 432 g/mol. The van der Waals surface area contributed by atoms with E-state index >= 15 is 0 Å². The number of fused-ring (bicyclic) bond motifs is 1. The van der Waals surface area contributed by atoms with Gasteiger partial charge < -0.3 is 24.8 Å². The molecule has 1 heterocycles. The molecule has 7 heteroatoms. The molecule has 0 fully saturated rings. The van der Waals surface area contributed by atoms with Gasteiger partial charge in [0.25, 0.3) is 0 Å². The standard InChI is InChI=1S/C27H32N2O5/c1-14-8-18-19(9-15(14)2)29-25(24-20(28-18)12-27(4,5)13-21(24)31)17-10-22(32-6)26(34-16(3)30)23(11-17)33-7/h8-11,25,28-29H,12-13H2,1-7H3. The van der Waals surface area contributed by atoms with Gasteiger partial charge in [-0.2, -0.15) is 0 Å². The maximum Gasteiger partial charge on any atom is 0.308 e. The number of methoxy groups -OCH3 is 2. The molecule has 2 N–H and O–H groups in total. The lowest BCUT2D eigenvalue weighted by atomic mass is 9.73. The highest BCUT2D eigenvalue weighted by Gasteiger charge is 2.39. The number of Topliss-reactive ketones (excluding diaryl/α,β-unsaturated/α-hetero) is 1. The summed E-state index contributed by atoms with van der Waals surface area (Å²) in [6.07, 6.45) is 1.21. The van der Waals surface area contributed by atoms with Crippen LogP contribution in [-0.2, 0) is 9.59 Å². The highest BCUT2D eigenvalue weighted by atomic mass is 16.6. The van der Waals surface area contributed by atoms with Crippen LogP contribution in [0.15, 0.2) is 35.5 Å². The normalized spacial score (nSPS) is 18.7. The number of esters is 1. The van der Waals surface area contributed by atoms with Crippen LogP contribution in [0.5, 0.6) is 17.2 Å². The van der Waals surface area contributed by atoms with Crippen molar-refractivity contribution in [1.29, 1.82) is 0 Å². The lowest BCUT2D eigenvalue weighted by Gasteiger charge is -2.34. The zero-order valence-corrected chi connectivity index (χ0v) is 20.8. The highest BCUT2D eigenvalue weighted by molar-refractivity contribution is 6.01. The van der Waals surface area contributed by atoms with Gasteiger partial charge in [-0.25, -0.2) is 0 Å². The van der Waals surface area contributed by atoms with E-state index < -0.39 is 12.0 Å². The lowest BCUT2D eigenvalue weighted by Crippen LogP contribution is -2.31. The predicted molar refractivity (Wildman–Crippen MR) is 132 cm³/mol. The van der Waals surface area contributed by atoms with E-state index in [0.717, 1.165) is 34.6 Å². The Labute approximate surface area is 200 Å². The maximum absolute atomic E-state index is 13.5. The van der Waals surface area contributed by atoms with Crippen molar-refractivity contribution in [1.82, 2.24) is 0 Å². The minimum Gasteiger partial charge on any atom is -0.493 e. The van der Waals surface area contributed by atoms with Gasteiger partial charge in [0.1, 0.15) is 0 Å². The van der Waals surface area contributed by atoms with Crippen LogP contribution in [0.3, 0.4) is 0 Å². The molecular formula is C27H32N2O5. The molecule has 1 unspecified atom stereocenters. The van der Waals surface area contributed by atoms with Crippen molar-refractivity contribution in [3.8, 4) is 17.2 Å². The van der Waals surface area contributed by atoms with Gasteiger partial charge in [0, 0.05) is 24.6 Å². The van der Waals surface area contributed by atoms with E-state index in [9.17, 15) is 9.59 Å². The quantitative estimate of drug-likeness (QED) is 0.458. The molecule has 0 bridgehead atoms. The molecule has 1 aliphatic heterocycles. The fourth-order valence-corrected chi connectivity index (χ4v) is 4.77. The fourth-order valence-electron chi connectivity index (χ4n) is 4.77. The number of allylic oxidation sites excluding steroid dienone is 1. The summed E-state index contributed by atoms with van der Waals surface area (Å²) in [4.78, 5) is 25.2. The molecule has 0 amide bonds. The molecule has 7 nitrogen and oxygen atoms in total. The first-order valence-corrected chi connectivity index (χ1v) is 11.4. The summed E-state index contributed by atoms with van der Waals surface area (Å²) in [6, 6.07) is 7.36. The number of carbonyl (C=O) groups excluding carboxylic acids is 2. The van der Waals surface area contributed by atoms with E-state index in [1.54, 1.807) is 12.1 Å². The second-order valence-electron chi connectivity index (χ2n) is 9.87. The Balaban J connectivity index is 1.93. The van der Waals surface area contributed by atoms with Gasteiger partial charge in [0.2, 0.25) is 5.75 Å². The van der Waals surface area contributed by atoms with Crippen LogP contribution in [0.1, 0.15) is 56.3 Å². The Morgan fingerprint density at radius 2 is 1.56 bits per heavy atom. The summed E-state index contributed by atoms with van der Waals surface area (Å²) < 4.78 is 16.5. The molecule has 0 radical (unpaired) electrons. The number of benzene rings is 2. The van der Waals surface area contributed by atoms with Gasteiger partial charge in [-0.3, -0.25) is 9.59 Å². The largest absolute Gasteiger partial charge is 0.493 e. The zero-order valence-electron chi connectivity index (χ0n) is 20.8. The van der Waals surface area contributed by atoms with Crippen molar-refractivity contribution < 1.29 is 23.8 Å². The van der Waals surface area contributed by atoms with E-state index in [2.05, 4.69) is 50.5 Å². The number of hydrogen-bond donors (Lipinski definition) is 2. The van der Waals surface area contributed by atoms with Gasteiger partial charge in [0.05, 0.1) is 31.6 Å². The maximum atomic E-state index is 13.5. The van der Waals surface area contributed by atoms with Gasteiger partial charge in [-0.1, -0.05) is 13.8 Å². The van der Waals surface area contributed by atoms with Crippen molar-refractivity contribution in [2.24, 2.45) is 5.41 Å². The second kappa shape index (κ2) is 8.70. The van der Waals surface area contributed by atoms with Crippen molar-refractivity contribution in [2.75, 3.05) is 24.9 Å². The number of ether oxygens (including phenoxy) is 3. The van der Waals surface area contributed by atoms with E-state index in [1.165, 1.54) is 26.7 Å². The number of carbonyl (C=O) groups is 2. The van der Waals surface area contributed by atoms with Crippen molar-refractivity contribution in [2.45, 2.75) is 53.5 Å². The van der Waals surface area contributed by atoms with E-state index in [1.807, 2.05) is 0 Å². The lowest BCUT2D eigenvalue weighted by molar-refractivity contribution is -0.132. The Kier molecular flexibility index (Phi) is 6.06. The average molecular weight is 465 g/mol. The molecule has 1 atom stereocenters. The van der Waals surface area contributed by atoms with Gasteiger partial charge in [0.15, 0.2) is 17.3 Å². The summed E-state index contributed by atoms with van der Waals surface area (Å²) in [5.41, 5.74) is 6.43. The Morgan fingerprint density at radius 1 is 0.971 bits per heavy atom. The monoisotopic (exact) mass is 464 g/mol. The number of rotatable bonds is 4. The molecule has 34 heavy (non-hydrogen) atoms. The zero-order chi connectivity index (χ0) is 24.8. The molecule has 4 rings (SSSR count). The number of hydrogen-bond acceptors (Lipinski definition) is 7. The van der Waals surface area contributed by atoms with Crippen LogP contribution in [-0.4, -0.2) is 26.0 Å². The first kappa shape index (κ1) is 23.7. The molecule has 2 aromatic carbocycles. The first-order valence-electron chi connectivity index (χ1n) is 11.4. The van der Waals surface area contributed by atoms with Crippen LogP contribution in [0.4, 0.5) is 11.4 Å². The topological polar surface area (TPSA) is 85.9 Å². The van der Waals surface area contributed by atoms with Crippen LogP contribution in [0.2, 0.25) is 0 Å². The summed E-state index contributed by atoms with van der Waals surface area (Å²) in [5.74, 6) is 0.546. The molecule has 1 aliphatic carbocycles. The molecule has 0 saturated carbocycles. The third-order valence-electron chi connectivity index (χ3n) is 6.49. The number of aryl methyl sites for hydroxylation is 2.